The summed E-state index contributed by atoms with van der Waals surface area (Å²) in [6, 6.07) is 3.94. The van der Waals surface area contributed by atoms with Crippen LogP contribution in [-0.2, 0) is 0 Å². The highest BCUT2D eigenvalue weighted by atomic mass is 19.1. The third-order valence-corrected chi connectivity index (χ3v) is 1.65. The summed E-state index contributed by atoms with van der Waals surface area (Å²) in [5.41, 5.74) is 0.789. The highest BCUT2D eigenvalue weighted by Gasteiger charge is 2.09. The molecule has 13 heavy (non-hydrogen) atoms. The van der Waals surface area contributed by atoms with Crippen molar-refractivity contribution >= 4 is 16.9 Å². The van der Waals surface area contributed by atoms with Crippen LogP contribution in [0.3, 0.4) is 0 Å². The van der Waals surface area contributed by atoms with Crippen molar-refractivity contribution in [2.75, 3.05) is 0 Å². The van der Waals surface area contributed by atoms with Crippen molar-refractivity contribution in [3.63, 3.8) is 0 Å². The molecule has 1 aromatic carbocycles. The fraction of sp³-hybridized carbons (Fsp3) is 0.111. The van der Waals surface area contributed by atoms with E-state index in [4.69, 9.17) is 4.42 Å². The average Bonchev–Trinajstić information content (AvgIpc) is 2.46. The molecule has 0 radical (unpaired) electrons. The van der Waals surface area contributed by atoms with Crippen LogP contribution in [0.15, 0.2) is 22.6 Å². The van der Waals surface area contributed by atoms with Crippen molar-refractivity contribution in [2.24, 2.45) is 0 Å². The second-order valence-electron chi connectivity index (χ2n) is 2.69. The number of hydrogen-bond acceptors (Lipinski definition) is 3. The minimum Gasteiger partial charge on any atom is -0.434 e. The van der Waals surface area contributed by atoms with Gasteiger partial charge in [-0.3, -0.25) is 4.79 Å². The van der Waals surface area contributed by atoms with E-state index in [9.17, 15) is 9.18 Å². The maximum atomic E-state index is 12.7. The summed E-state index contributed by atoms with van der Waals surface area (Å²) in [4.78, 5) is 14.7. The largest absolute Gasteiger partial charge is 0.434 e. The normalized spacial score (nSPS) is 10.6. The number of fused-ring (bicyclic) bond motifs is 1. The van der Waals surface area contributed by atoms with Crippen LogP contribution in [0.2, 0.25) is 0 Å². The van der Waals surface area contributed by atoms with E-state index in [1.807, 2.05) is 0 Å². The fourth-order valence-corrected chi connectivity index (χ4v) is 1.05. The van der Waals surface area contributed by atoms with Crippen LogP contribution in [0.5, 0.6) is 0 Å². The third kappa shape index (κ3) is 1.30. The lowest BCUT2D eigenvalue weighted by atomic mass is 10.3. The summed E-state index contributed by atoms with van der Waals surface area (Å²) in [6.07, 6.45) is 0. The minimum atomic E-state index is -0.393. The standard InChI is InChI=1S/C9H6FNO2/c1-5(12)9-11-7-4-6(10)2-3-8(7)13-9/h2-4H,1H3. The zero-order valence-corrected chi connectivity index (χ0v) is 6.87. The smallest absolute Gasteiger partial charge is 0.263 e. The van der Waals surface area contributed by atoms with Crippen molar-refractivity contribution in [2.45, 2.75) is 6.92 Å². The molecule has 0 aliphatic heterocycles. The molecule has 0 saturated carbocycles. The molecule has 2 rings (SSSR count). The Morgan fingerprint density at radius 2 is 2.31 bits per heavy atom. The summed E-state index contributed by atoms with van der Waals surface area (Å²) < 4.78 is 17.7. The predicted molar refractivity (Wildman–Crippen MR) is 44.0 cm³/mol. The van der Waals surface area contributed by atoms with Crippen molar-refractivity contribution in [1.82, 2.24) is 4.98 Å². The van der Waals surface area contributed by atoms with E-state index in [0.717, 1.165) is 0 Å². The first kappa shape index (κ1) is 7.91. The minimum absolute atomic E-state index is 0.0144. The molecule has 2 aromatic rings. The number of aromatic nitrogens is 1. The van der Waals surface area contributed by atoms with E-state index >= 15 is 0 Å². The summed E-state index contributed by atoms with van der Waals surface area (Å²) in [6.45, 7) is 1.35. The van der Waals surface area contributed by atoms with Crippen LogP contribution < -0.4 is 0 Å². The zero-order valence-electron chi connectivity index (χ0n) is 6.87. The molecule has 0 unspecified atom stereocenters. The number of Topliss-reactive ketones (excluding diaryl/α,β-unsaturated/α-hetero) is 1. The van der Waals surface area contributed by atoms with Gasteiger partial charge in [0.15, 0.2) is 5.58 Å². The quantitative estimate of drug-likeness (QED) is 0.630. The maximum absolute atomic E-state index is 12.7. The molecule has 0 spiro atoms. The van der Waals surface area contributed by atoms with E-state index in [1.165, 1.54) is 25.1 Å². The number of rotatable bonds is 1. The third-order valence-electron chi connectivity index (χ3n) is 1.65. The Hall–Kier alpha value is -1.71. The highest BCUT2D eigenvalue weighted by Crippen LogP contribution is 2.16. The molecular formula is C9H6FNO2. The molecule has 1 aromatic heterocycles. The number of nitrogens with zero attached hydrogens (tertiary/aromatic N) is 1. The highest BCUT2D eigenvalue weighted by molar-refractivity contribution is 5.92. The predicted octanol–water partition coefficient (Wildman–Crippen LogP) is 2.17. The van der Waals surface area contributed by atoms with Gasteiger partial charge in [0.25, 0.3) is 5.89 Å². The van der Waals surface area contributed by atoms with Crippen molar-refractivity contribution in [1.29, 1.82) is 0 Å². The van der Waals surface area contributed by atoms with Crippen molar-refractivity contribution in [3.8, 4) is 0 Å². The number of benzene rings is 1. The first-order valence-electron chi connectivity index (χ1n) is 3.74. The molecule has 0 aliphatic carbocycles. The topological polar surface area (TPSA) is 43.1 Å². The van der Waals surface area contributed by atoms with E-state index in [0.29, 0.717) is 11.1 Å². The molecule has 0 amide bonds. The summed E-state index contributed by atoms with van der Waals surface area (Å²) in [5.74, 6) is -0.645. The van der Waals surface area contributed by atoms with Gasteiger partial charge < -0.3 is 4.42 Å². The molecule has 0 aliphatic rings. The molecular weight excluding hydrogens is 173 g/mol. The number of halogens is 1. The lowest BCUT2D eigenvalue weighted by molar-refractivity contribution is 0.0983. The van der Waals surface area contributed by atoms with E-state index in [-0.39, 0.29) is 11.7 Å². The monoisotopic (exact) mass is 179 g/mol. The SMILES string of the molecule is CC(=O)c1nc2cc(F)ccc2o1. The van der Waals surface area contributed by atoms with Crippen LogP contribution in [0, 0.1) is 5.82 Å². The molecule has 4 heteroatoms. The Labute approximate surface area is 73.2 Å². The van der Waals surface area contributed by atoms with Crippen LogP contribution in [0.1, 0.15) is 17.6 Å². The lowest BCUT2D eigenvalue weighted by Crippen LogP contribution is -1.89. The molecule has 0 bridgehead atoms. The van der Waals surface area contributed by atoms with Gasteiger partial charge in [0.05, 0.1) is 0 Å². The van der Waals surface area contributed by atoms with Gasteiger partial charge in [-0.05, 0) is 12.1 Å². The van der Waals surface area contributed by atoms with Gasteiger partial charge in [-0.25, -0.2) is 9.37 Å². The Balaban J connectivity index is 2.68. The lowest BCUT2D eigenvalue weighted by Gasteiger charge is -1.84. The summed E-state index contributed by atoms with van der Waals surface area (Å²) >= 11 is 0. The number of carbonyl (C=O) groups excluding carboxylic acids is 1. The van der Waals surface area contributed by atoms with Crippen LogP contribution >= 0.6 is 0 Å². The maximum Gasteiger partial charge on any atom is 0.263 e. The molecule has 3 nitrogen and oxygen atoms in total. The van der Waals surface area contributed by atoms with Crippen LogP contribution in [0.25, 0.3) is 11.1 Å². The fourth-order valence-electron chi connectivity index (χ4n) is 1.05. The van der Waals surface area contributed by atoms with Crippen molar-refractivity contribution in [3.05, 3.63) is 29.9 Å². The van der Waals surface area contributed by atoms with Crippen LogP contribution in [0.4, 0.5) is 4.39 Å². The number of hydrogen-bond donors (Lipinski definition) is 0. The Morgan fingerprint density at radius 1 is 1.54 bits per heavy atom. The first-order chi connectivity index (χ1) is 6.16. The Kier molecular flexibility index (Phi) is 1.62. The van der Waals surface area contributed by atoms with Gasteiger partial charge in [0.2, 0.25) is 5.78 Å². The Morgan fingerprint density at radius 3 is 3.00 bits per heavy atom. The molecule has 0 atom stereocenters. The molecule has 66 valence electrons. The summed E-state index contributed by atoms with van der Waals surface area (Å²) in [7, 11) is 0. The first-order valence-corrected chi connectivity index (χ1v) is 3.74. The van der Waals surface area contributed by atoms with Gasteiger partial charge in [0.1, 0.15) is 11.3 Å². The van der Waals surface area contributed by atoms with Gasteiger partial charge in [0, 0.05) is 13.0 Å². The van der Waals surface area contributed by atoms with Gasteiger partial charge >= 0.3 is 0 Å². The number of ketones is 1. The van der Waals surface area contributed by atoms with Crippen LogP contribution in [-0.4, -0.2) is 10.8 Å². The van der Waals surface area contributed by atoms with E-state index < -0.39 is 5.82 Å². The number of carbonyl (C=O) groups is 1. The second-order valence-corrected chi connectivity index (χ2v) is 2.69. The molecule has 0 fully saturated rings. The van der Waals surface area contributed by atoms with E-state index in [1.54, 1.807) is 0 Å². The van der Waals surface area contributed by atoms with E-state index in [2.05, 4.69) is 4.98 Å². The van der Waals surface area contributed by atoms with Gasteiger partial charge in [-0.15, -0.1) is 0 Å². The van der Waals surface area contributed by atoms with Crippen molar-refractivity contribution < 1.29 is 13.6 Å². The molecule has 0 N–H and O–H groups in total. The summed E-state index contributed by atoms with van der Waals surface area (Å²) in [5, 5.41) is 0. The molecule has 1 heterocycles. The molecule has 0 saturated heterocycles. The second kappa shape index (κ2) is 2.65. The zero-order chi connectivity index (χ0) is 9.42. The van der Waals surface area contributed by atoms with Gasteiger partial charge in [-0.1, -0.05) is 0 Å². The van der Waals surface area contributed by atoms with Gasteiger partial charge in [-0.2, -0.15) is 0 Å². The Bertz CT molecular complexity index is 475. The average molecular weight is 179 g/mol. The number of oxazole rings is 1.